The molecule has 0 aliphatic heterocycles. The van der Waals surface area contributed by atoms with Gasteiger partial charge in [0, 0.05) is 40.3 Å². The molecule has 12 rings (SSSR count). The second-order valence-electron chi connectivity index (χ2n) is 16.7. The second kappa shape index (κ2) is 15.8. The first kappa shape index (κ1) is 38.9. The molecular weight excluding hydrogens is 823 g/mol. The van der Waals surface area contributed by atoms with Crippen LogP contribution in [-0.4, -0.2) is 5.71 Å². The molecule has 0 fully saturated rings. The lowest BCUT2D eigenvalue weighted by Crippen LogP contribution is -2.07. The molecule has 0 radical (unpaired) electrons. The first-order chi connectivity index (χ1) is 32.0. The maximum absolute atomic E-state index is 5.63. The van der Waals surface area contributed by atoms with Crippen LogP contribution in [0.25, 0.3) is 100 Å². The van der Waals surface area contributed by atoms with E-state index >= 15 is 0 Å². The standard InChI is InChI=1S/C62H41NS2/c1-4-54(42-33-31-41(32-34-42)40-17-6-5-7-18-40)63-62(43-35-36-49-47-21-9-8-19-45(47)46-20-10-11-22-48(46)53(49)37-43)39(3)38(2)44-24-14-29-57-60(44)61-51(26-16-30-58(61)65-57)50-25-15-28-56-59(50)52-23-12-13-27-55(52)64-56/h4-37,62H,1-3H2. The van der Waals surface area contributed by atoms with Gasteiger partial charge in [0.2, 0.25) is 0 Å². The average Bonchev–Trinajstić information content (AvgIpc) is 3.96. The van der Waals surface area contributed by atoms with Crippen molar-refractivity contribution in [2.24, 2.45) is 4.99 Å². The third-order valence-electron chi connectivity index (χ3n) is 13.1. The predicted molar refractivity (Wildman–Crippen MR) is 286 cm³/mol. The molecule has 1 nitrogen and oxygen atoms in total. The molecule has 0 aliphatic carbocycles. The Morgan fingerprint density at radius 3 is 1.62 bits per heavy atom. The van der Waals surface area contributed by atoms with Gasteiger partial charge in [0.1, 0.15) is 6.04 Å². The normalized spacial score (nSPS) is 12.5. The summed E-state index contributed by atoms with van der Waals surface area (Å²) in [4.78, 5) is 5.63. The van der Waals surface area contributed by atoms with Crippen molar-refractivity contribution >= 4 is 107 Å². The topological polar surface area (TPSA) is 12.4 Å². The van der Waals surface area contributed by atoms with Gasteiger partial charge in [-0.25, -0.2) is 0 Å². The molecule has 0 N–H and O–H groups in total. The van der Waals surface area contributed by atoms with Crippen molar-refractivity contribution in [2.45, 2.75) is 6.04 Å². The van der Waals surface area contributed by atoms with Gasteiger partial charge >= 0.3 is 0 Å². The van der Waals surface area contributed by atoms with Gasteiger partial charge in [-0.1, -0.05) is 190 Å². The van der Waals surface area contributed by atoms with Gasteiger partial charge < -0.3 is 0 Å². The lowest BCUT2D eigenvalue weighted by Gasteiger charge is -2.22. The Balaban J connectivity index is 1.05. The highest BCUT2D eigenvalue weighted by Crippen LogP contribution is 2.48. The van der Waals surface area contributed by atoms with Gasteiger partial charge in [-0.2, -0.15) is 0 Å². The number of fused-ring (bicyclic) bond motifs is 12. The maximum Gasteiger partial charge on any atom is 0.101 e. The fourth-order valence-corrected chi connectivity index (χ4v) is 12.3. The first-order valence-corrected chi connectivity index (χ1v) is 23.6. The van der Waals surface area contributed by atoms with E-state index in [1.165, 1.54) is 89.4 Å². The summed E-state index contributed by atoms with van der Waals surface area (Å²) in [5.74, 6) is 0. The SMILES string of the molecule is C=CC(=NC(C(=C)C(=C)c1cccc2sc3cccc(-c4cccc5sc6ccccc6c45)c3c12)c1ccc2c3ccccc3c3ccccc3c2c1)c1ccc(-c2ccccc2)cc1. The number of nitrogens with zero attached hydrogens (tertiary/aromatic N) is 1. The molecule has 1 unspecified atom stereocenters. The van der Waals surface area contributed by atoms with E-state index in [0.29, 0.717) is 0 Å². The lowest BCUT2D eigenvalue weighted by molar-refractivity contribution is 0.885. The molecule has 0 bridgehead atoms. The third kappa shape index (κ3) is 6.46. The predicted octanol–water partition coefficient (Wildman–Crippen LogP) is 18.2. The number of benzene rings is 10. The number of rotatable bonds is 9. The van der Waals surface area contributed by atoms with Crippen molar-refractivity contribution in [3.05, 3.63) is 248 Å². The molecule has 0 amide bonds. The molecular formula is C62H41NS2. The Morgan fingerprint density at radius 1 is 0.431 bits per heavy atom. The molecule has 1 atom stereocenters. The summed E-state index contributed by atoms with van der Waals surface area (Å²) in [6.45, 7) is 14.1. The molecule has 12 aromatic rings. The Hall–Kier alpha value is -7.69. The van der Waals surface area contributed by atoms with Crippen LogP contribution in [0, 0.1) is 0 Å². The zero-order valence-corrected chi connectivity index (χ0v) is 37.2. The van der Waals surface area contributed by atoms with Gasteiger partial charge in [0.25, 0.3) is 0 Å². The van der Waals surface area contributed by atoms with Gasteiger partial charge in [-0.15, -0.1) is 22.7 Å². The minimum Gasteiger partial charge on any atom is -0.272 e. The monoisotopic (exact) mass is 863 g/mol. The van der Waals surface area contributed by atoms with E-state index in [0.717, 1.165) is 39.1 Å². The second-order valence-corrected chi connectivity index (χ2v) is 18.9. The average molecular weight is 864 g/mol. The Labute approximate surface area is 385 Å². The quantitative estimate of drug-likeness (QED) is 0.0779. The minimum atomic E-state index is -0.468. The highest BCUT2D eigenvalue weighted by atomic mass is 32.1. The van der Waals surface area contributed by atoms with Crippen LogP contribution in [0.5, 0.6) is 0 Å². The molecule has 306 valence electrons. The van der Waals surface area contributed by atoms with E-state index in [1.807, 2.05) is 34.8 Å². The van der Waals surface area contributed by atoms with Crippen LogP contribution in [0.4, 0.5) is 0 Å². The number of allylic oxidation sites excluding steroid dienone is 1. The summed E-state index contributed by atoms with van der Waals surface area (Å²) < 4.78 is 5.06. The molecule has 2 heterocycles. The van der Waals surface area contributed by atoms with E-state index in [2.05, 4.69) is 201 Å². The molecule has 10 aromatic carbocycles. The number of hydrogen-bond acceptors (Lipinski definition) is 3. The Morgan fingerprint density at radius 2 is 0.938 bits per heavy atom. The van der Waals surface area contributed by atoms with Gasteiger partial charge in [0.05, 0.1) is 5.71 Å². The van der Waals surface area contributed by atoms with Crippen molar-refractivity contribution in [3.8, 4) is 22.3 Å². The molecule has 2 aromatic heterocycles. The van der Waals surface area contributed by atoms with Crippen molar-refractivity contribution in [2.75, 3.05) is 0 Å². The maximum atomic E-state index is 5.63. The van der Waals surface area contributed by atoms with E-state index in [-0.39, 0.29) is 0 Å². The molecule has 0 spiro atoms. The minimum absolute atomic E-state index is 0.468. The summed E-state index contributed by atoms with van der Waals surface area (Å²) in [7, 11) is 0. The van der Waals surface area contributed by atoms with Crippen LogP contribution < -0.4 is 0 Å². The fourth-order valence-electron chi connectivity index (χ4n) is 9.98. The summed E-state index contributed by atoms with van der Waals surface area (Å²) in [5.41, 5.74) is 10.4. The Kier molecular flexibility index (Phi) is 9.49. The number of thiophene rings is 2. The lowest BCUT2D eigenvalue weighted by atomic mass is 9.86. The molecule has 0 saturated heterocycles. The zero-order valence-electron chi connectivity index (χ0n) is 35.6. The van der Waals surface area contributed by atoms with Crippen LogP contribution in [0.15, 0.2) is 237 Å². The summed E-state index contributed by atoms with van der Waals surface area (Å²) in [5, 5.41) is 12.4. The van der Waals surface area contributed by atoms with E-state index in [1.54, 1.807) is 0 Å². The first-order valence-electron chi connectivity index (χ1n) is 22.0. The molecule has 0 saturated carbocycles. The Bertz CT molecular complexity index is 3900. The largest absolute Gasteiger partial charge is 0.272 e. The number of hydrogen-bond donors (Lipinski definition) is 0. The summed E-state index contributed by atoms with van der Waals surface area (Å²) in [6.07, 6.45) is 1.87. The molecule has 65 heavy (non-hydrogen) atoms. The highest BCUT2D eigenvalue weighted by Gasteiger charge is 2.24. The van der Waals surface area contributed by atoms with Crippen molar-refractivity contribution in [1.29, 1.82) is 0 Å². The third-order valence-corrected chi connectivity index (χ3v) is 15.3. The van der Waals surface area contributed by atoms with E-state index in [4.69, 9.17) is 18.2 Å². The van der Waals surface area contributed by atoms with Crippen LogP contribution in [0.2, 0.25) is 0 Å². The van der Waals surface area contributed by atoms with E-state index < -0.39 is 6.04 Å². The van der Waals surface area contributed by atoms with E-state index in [9.17, 15) is 0 Å². The van der Waals surface area contributed by atoms with Gasteiger partial charge in [-0.3, -0.25) is 4.99 Å². The van der Waals surface area contributed by atoms with Crippen molar-refractivity contribution < 1.29 is 0 Å². The van der Waals surface area contributed by atoms with Crippen LogP contribution in [0.1, 0.15) is 22.7 Å². The zero-order chi connectivity index (χ0) is 43.6. The molecule has 0 aliphatic rings. The van der Waals surface area contributed by atoms with Crippen molar-refractivity contribution in [3.63, 3.8) is 0 Å². The van der Waals surface area contributed by atoms with Gasteiger partial charge in [0.15, 0.2) is 0 Å². The highest BCUT2D eigenvalue weighted by molar-refractivity contribution is 7.26. The molecule has 3 heteroatoms. The van der Waals surface area contributed by atoms with Crippen LogP contribution >= 0.6 is 22.7 Å². The van der Waals surface area contributed by atoms with Gasteiger partial charge in [-0.05, 0) is 119 Å². The van der Waals surface area contributed by atoms with Crippen LogP contribution in [-0.2, 0) is 0 Å². The van der Waals surface area contributed by atoms with Crippen molar-refractivity contribution in [1.82, 2.24) is 0 Å². The summed E-state index contributed by atoms with van der Waals surface area (Å²) in [6, 6.07) is 71.8. The smallest absolute Gasteiger partial charge is 0.101 e. The van der Waals surface area contributed by atoms with Crippen LogP contribution in [0.3, 0.4) is 0 Å². The summed E-state index contributed by atoms with van der Waals surface area (Å²) >= 11 is 3.69. The fraction of sp³-hybridized carbons (Fsp3) is 0.0161. The number of aliphatic imine (C=N–C) groups is 1.